The first-order valence-electron chi connectivity index (χ1n) is 32.7. The molecule has 0 bridgehead atoms. The van der Waals surface area contributed by atoms with Crippen LogP contribution in [0.2, 0.25) is 0 Å². The van der Waals surface area contributed by atoms with E-state index in [0.717, 1.165) is 89.9 Å². The van der Waals surface area contributed by atoms with Crippen molar-refractivity contribution in [3.8, 4) is 0 Å². The number of esters is 1. The summed E-state index contributed by atoms with van der Waals surface area (Å²) in [5, 5.41) is 57.1. The van der Waals surface area contributed by atoms with E-state index in [1.165, 1.54) is 148 Å². The van der Waals surface area contributed by atoms with Crippen LogP contribution in [0.4, 0.5) is 0 Å². The SMILES string of the molecule is CC/C=C\C/C=C\C/C=C\C/C=C\C/C=C\CCCCCC(=O)OC1C(OCC(NC(=O)C(O)CCCCCCCCCCCCCCCCCCCC)C(O)/C=C/CCCCCCCCCCCCC)OC(CO)C(O)C1O. The number of nitrogens with one attached hydrogen (secondary N) is 1. The fraction of sp³-hybridized carbons (Fsp3) is 0.794. The molecule has 0 spiro atoms. The number of rotatable bonds is 55. The van der Waals surface area contributed by atoms with Gasteiger partial charge in [0.25, 0.3) is 0 Å². The van der Waals surface area contributed by atoms with Gasteiger partial charge in [0.2, 0.25) is 5.91 Å². The molecule has 0 aromatic carbocycles. The molecule has 8 unspecified atom stereocenters. The van der Waals surface area contributed by atoms with Crippen LogP contribution in [0.5, 0.6) is 0 Å². The van der Waals surface area contributed by atoms with E-state index >= 15 is 0 Å². The quantitative estimate of drug-likeness (QED) is 0.0195. The van der Waals surface area contributed by atoms with Crippen LogP contribution in [0.1, 0.15) is 284 Å². The average Bonchev–Trinajstić information content (AvgIpc) is 3.49. The first-order valence-corrected chi connectivity index (χ1v) is 32.7. The smallest absolute Gasteiger partial charge is 0.306 e. The largest absolute Gasteiger partial charge is 0.454 e. The molecule has 1 rings (SSSR count). The number of hydrogen-bond acceptors (Lipinski definition) is 10. The molecule has 6 N–H and O–H groups in total. The summed E-state index contributed by atoms with van der Waals surface area (Å²) in [5.74, 6) is -1.22. The fourth-order valence-corrected chi connectivity index (χ4v) is 9.97. The van der Waals surface area contributed by atoms with Crippen LogP contribution < -0.4 is 5.32 Å². The average molecular weight is 1110 g/mol. The second-order valence-corrected chi connectivity index (χ2v) is 22.5. The molecule has 0 saturated carbocycles. The first-order chi connectivity index (χ1) is 38.7. The molecular formula is C68H121NO10. The van der Waals surface area contributed by atoms with Gasteiger partial charge >= 0.3 is 5.97 Å². The molecular weight excluding hydrogens is 991 g/mol. The van der Waals surface area contributed by atoms with Gasteiger partial charge in [0.05, 0.1) is 25.4 Å². The Morgan fingerprint density at radius 3 is 1.37 bits per heavy atom. The zero-order chi connectivity index (χ0) is 57.5. The van der Waals surface area contributed by atoms with Crippen LogP contribution in [0.3, 0.4) is 0 Å². The summed E-state index contributed by atoms with van der Waals surface area (Å²) in [6.07, 6.45) is 60.8. The summed E-state index contributed by atoms with van der Waals surface area (Å²) in [6.45, 7) is 5.68. The number of aliphatic hydroxyl groups excluding tert-OH is 5. The maximum Gasteiger partial charge on any atom is 0.306 e. The second-order valence-electron chi connectivity index (χ2n) is 22.5. The maximum atomic E-state index is 13.5. The molecule has 1 amide bonds. The Hall–Kier alpha value is -2.90. The highest BCUT2D eigenvalue weighted by atomic mass is 16.7. The van der Waals surface area contributed by atoms with E-state index in [1.54, 1.807) is 6.08 Å². The lowest BCUT2D eigenvalue weighted by Gasteiger charge is -2.41. The van der Waals surface area contributed by atoms with Crippen molar-refractivity contribution in [2.45, 2.75) is 333 Å². The molecule has 11 heteroatoms. The molecule has 8 atom stereocenters. The van der Waals surface area contributed by atoms with E-state index in [2.05, 4.69) is 86.8 Å². The minimum Gasteiger partial charge on any atom is -0.454 e. The van der Waals surface area contributed by atoms with Crippen LogP contribution in [0.25, 0.3) is 0 Å². The third kappa shape index (κ3) is 43.5. The van der Waals surface area contributed by atoms with Gasteiger partial charge < -0.3 is 45.1 Å². The maximum absolute atomic E-state index is 13.5. The molecule has 0 aromatic heterocycles. The number of unbranched alkanes of at least 4 members (excludes halogenated alkanes) is 31. The minimum absolute atomic E-state index is 0.0831. The van der Waals surface area contributed by atoms with Gasteiger partial charge in [-0.15, -0.1) is 0 Å². The number of carbonyl (C=O) groups excluding carboxylic acids is 2. The van der Waals surface area contributed by atoms with Crippen molar-refractivity contribution >= 4 is 11.9 Å². The van der Waals surface area contributed by atoms with Crippen molar-refractivity contribution in [1.82, 2.24) is 5.32 Å². The third-order valence-corrected chi connectivity index (χ3v) is 15.1. The van der Waals surface area contributed by atoms with Gasteiger partial charge in [-0.25, -0.2) is 0 Å². The first kappa shape index (κ1) is 74.1. The van der Waals surface area contributed by atoms with Crippen LogP contribution >= 0.6 is 0 Å². The Kier molecular flexibility index (Phi) is 52.2. The Morgan fingerprint density at radius 2 is 0.911 bits per heavy atom. The van der Waals surface area contributed by atoms with Crippen molar-refractivity contribution < 1.29 is 49.3 Å². The number of ether oxygens (including phenoxy) is 3. The topological polar surface area (TPSA) is 175 Å². The van der Waals surface area contributed by atoms with Crippen molar-refractivity contribution in [2.24, 2.45) is 0 Å². The van der Waals surface area contributed by atoms with Crippen LogP contribution in [-0.2, 0) is 23.8 Å². The molecule has 1 aliphatic heterocycles. The third-order valence-electron chi connectivity index (χ3n) is 15.1. The molecule has 1 saturated heterocycles. The van der Waals surface area contributed by atoms with Crippen molar-refractivity contribution in [2.75, 3.05) is 13.2 Å². The van der Waals surface area contributed by atoms with Crippen molar-refractivity contribution in [3.63, 3.8) is 0 Å². The number of aliphatic hydroxyl groups is 5. The van der Waals surface area contributed by atoms with E-state index in [-0.39, 0.29) is 13.0 Å². The van der Waals surface area contributed by atoms with E-state index in [4.69, 9.17) is 14.2 Å². The Bertz CT molecular complexity index is 1560. The Labute approximate surface area is 483 Å². The Balaban J connectivity index is 2.68. The van der Waals surface area contributed by atoms with E-state index in [1.807, 2.05) is 6.08 Å². The lowest BCUT2D eigenvalue weighted by Crippen LogP contribution is -2.61. The zero-order valence-electron chi connectivity index (χ0n) is 50.7. The molecule has 1 heterocycles. The molecule has 0 aromatic rings. The molecule has 458 valence electrons. The summed E-state index contributed by atoms with van der Waals surface area (Å²) in [6, 6.07) is -1.03. The predicted octanol–water partition coefficient (Wildman–Crippen LogP) is 16.0. The molecule has 79 heavy (non-hydrogen) atoms. The predicted molar refractivity (Wildman–Crippen MR) is 329 cm³/mol. The van der Waals surface area contributed by atoms with Gasteiger partial charge in [0.15, 0.2) is 12.4 Å². The second kappa shape index (κ2) is 55.6. The van der Waals surface area contributed by atoms with Gasteiger partial charge in [-0.05, 0) is 70.6 Å². The molecule has 0 radical (unpaired) electrons. The molecule has 11 nitrogen and oxygen atoms in total. The zero-order valence-corrected chi connectivity index (χ0v) is 50.7. The van der Waals surface area contributed by atoms with Crippen LogP contribution in [0.15, 0.2) is 72.9 Å². The molecule has 1 fully saturated rings. The highest BCUT2D eigenvalue weighted by Crippen LogP contribution is 2.26. The number of hydrogen-bond donors (Lipinski definition) is 6. The summed E-state index contributed by atoms with van der Waals surface area (Å²) in [4.78, 5) is 26.6. The van der Waals surface area contributed by atoms with Gasteiger partial charge in [0.1, 0.15) is 24.4 Å². The van der Waals surface area contributed by atoms with Crippen LogP contribution in [-0.4, -0.2) is 99.6 Å². The van der Waals surface area contributed by atoms with Crippen molar-refractivity contribution in [3.05, 3.63) is 72.9 Å². The van der Waals surface area contributed by atoms with Crippen molar-refractivity contribution in [1.29, 1.82) is 0 Å². The fourth-order valence-electron chi connectivity index (χ4n) is 9.97. The molecule has 0 aliphatic carbocycles. The highest BCUT2D eigenvalue weighted by molar-refractivity contribution is 5.80. The number of carbonyl (C=O) groups is 2. The van der Waals surface area contributed by atoms with Gasteiger partial charge in [-0.2, -0.15) is 0 Å². The minimum atomic E-state index is -1.63. The number of allylic oxidation sites excluding steroid dienone is 11. The lowest BCUT2D eigenvalue weighted by atomic mass is 9.99. The number of amides is 1. The van der Waals surface area contributed by atoms with E-state index < -0.39 is 67.4 Å². The standard InChI is InChI=1S/C68H121NO10/c1-4-7-10-13-16-19-22-25-27-29-31-33-35-38-41-44-47-50-53-56-63(73)79-66-65(75)64(74)62(57-70)78-68(66)77-58-59(60(71)54-51-48-45-42-39-36-24-21-18-15-12-9-6-3)69-67(76)61(72)55-52-49-46-43-40-37-34-32-30-28-26-23-20-17-14-11-8-5-2/h7,10,16,19,25,27,31,33,38,41,51,54,59-62,64-66,68,70-72,74-75H,4-6,8-9,11-15,17-18,20-24,26,28-30,32,34-37,39-40,42-50,52-53,55-58H2,1-3H3,(H,69,76)/b10-7-,19-16-,27-25-,33-31-,41-38-,54-51+. The van der Waals surface area contributed by atoms with Gasteiger partial charge in [-0.3, -0.25) is 9.59 Å². The van der Waals surface area contributed by atoms with E-state index in [0.29, 0.717) is 19.3 Å². The monoisotopic (exact) mass is 1110 g/mol. The Morgan fingerprint density at radius 1 is 0.506 bits per heavy atom. The molecule has 1 aliphatic rings. The summed E-state index contributed by atoms with van der Waals surface area (Å²) >= 11 is 0. The van der Waals surface area contributed by atoms with Crippen LogP contribution in [0, 0.1) is 0 Å². The van der Waals surface area contributed by atoms with Gasteiger partial charge in [-0.1, -0.05) is 280 Å². The summed E-state index contributed by atoms with van der Waals surface area (Å²) in [7, 11) is 0. The summed E-state index contributed by atoms with van der Waals surface area (Å²) < 4.78 is 17.6. The highest BCUT2D eigenvalue weighted by Gasteiger charge is 2.47. The lowest BCUT2D eigenvalue weighted by molar-refractivity contribution is -0.305. The van der Waals surface area contributed by atoms with Gasteiger partial charge in [0, 0.05) is 6.42 Å². The van der Waals surface area contributed by atoms with E-state index in [9.17, 15) is 35.1 Å². The summed E-state index contributed by atoms with van der Waals surface area (Å²) in [5.41, 5.74) is 0. The normalized spacial score (nSPS) is 19.3.